The van der Waals surface area contributed by atoms with E-state index in [0.29, 0.717) is 38.7 Å². The molecule has 0 unspecified atom stereocenters. The lowest BCUT2D eigenvalue weighted by molar-refractivity contribution is -0.118. The first-order valence-corrected chi connectivity index (χ1v) is 12.6. The zero-order chi connectivity index (χ0) is 26.8. The average Bonchev–Trinajstić information content (AvgIpc) is 3.65. The molecule has 38 heavy (non-hydrogen) atoms. The molecule has 0 aliphatic heterocycles. The third-order valence-corrected chi connectivity index (χ3v) is 7.06. The third kappa shape index (κ3) is 5.04. The van der Waals surface area contributed by atoms with Crippen molar-refractivity contribution in [1.29, 1.82) is 0 Å². The van der Waals surface area contributed by atoms with Crippen molar-refractivity contribution in [2.45, 2.75) is 19.9 Å². The minimum Gasteiger partial charge on any atom is -0.449 e. The molecule has 3 heterocycles. The molecule has 5 aromatic rings. The van der Waals surface area contributed by atoms with E-state index in [0.717, 1.165) is 4.88 Å². The van der Waals surface area contributed by atoms with Gasteiger partial charge in [0, 0.05) is 38.2 Å². The number of fused-ring (bicyclic) bond motifs is 1. The molecule has 0 fully saturated rings. The van der Waals surface area contributed by atoms with Crippen LogP contribution >= 0.6 is 11.3 Å². The Kier molecular flexibility index (Phi) is 6.75. The lowest BCUT2D eigenvalue weighted by Crippen LogP contribution is -2.26. The summed E-state index contributed by atoms with van der Waals surface area (Å²) in [6.45, 7) is 1.98. The van der Waals surface area contributed by atoms with Gasteiger partial charge in [0.05, 0.1) is 20.8 Å². The Bertz CT molecular complexity index is 1650. The predicted octanol–water partition coefficient (Wildman–Crippen LogP) is 4.47. The topological polar surface area (TPSA) is 136 Å². The number of hydrogen-bond donors (Lipinski definition) is 2. The van der Waals surface area contributed by atoms with Gasteiger partial charge in [0.15, 0.2) is 5.89 Å². The average molecular weight is 529 g/mol. The zero-order valence-electron chi connectivity index (χ0n) is 20.7. The van der Waals surface area contributed by atoms with E-state index < -0.39 is 5.91 Å². The summed E-state index contributed by atoms with van der Waals surface area (Å²) in [6.07, 6.45) is 1.61. The molecule has 10 nitrogen and oxygen atoms in total. The van der Waals surface area contributed by atoms with Crippen LogP contribution in [-0.4, -0.2) is 39.3 Å². The number of imidazole rings is 1. The molecule has 0 aliphatic rings. The van der Waals surface area contributed by atoms with Crippen molar-refractivity contribution < 1.29 is 18.8 Å². The Morgan fingerprint density at radius 2 is 1.87 bits per heavy atom. The molecule has 3 aromatic heterocycles. The number of thiophene rings is 1. The molecule has 5 rings (SSSR count). The Balaban J connectivity index is 1.44. The van der Waals surface area contributed by atoms with E-state index in [2.05, 4.69) is 15.3 Å². The van der Waals surface area contributed by atoms with Crippen LogP contribution in [0.2, 0.25) is 0 Å². The van der Waals surface area contributed by atoms with E-state index in [9.17, 15) is 14.4 Å². The number of nitrogens with zero attached hydrogens (tertiary/aromatic N) is 4. The number of oxazole rings is 1. The van der Waals surface area contributed by atoms with Crippen LogP contribution in [0, 0.1) is 6.92 Å². The number of nitrogens with two attached hydrogens (primary N) is 1. The molecule has 3 N–H and O–H groups in total. The van der Waals surface area contributed by atoms with E-state index in [1.807, 2.05) is 18.2 Å². The SMILES string of the molecule is Cc1nc(-c2ccc(C(=O)Nc3nc4cc(N(C)C(=O)c5ccccc5)ccc4n3CCC(N)=O)s2)co1. The van der Waals surface area contributed by atoms with Gasteiger partial charge in [-0.3, -0.25) is 19.7 Å². The maximum absolute atomic E-state index is 13.1. The summed E-state index contributed by atoms with van der Waals surface area (Å²) >= 11 is 1.28. The number of nitrogens with one attached hydrogen (secondary N) is 1. The molecule has 0 radical (unpaired) electrons. The van der Waals surface area contributed by atoms with Gasteiger partial charge in [0.25, 0.3) is 11.8 Å². The van der Waals surface area contributed by atoms with Crippen LogP contribution in [0.1, 0.15) is 32.3 Å². The number of primary amides is 1. The quantitative estimate of drug-likeness (QED) is 0.305. The number of carbonyl (C=O) groups excluding carboxylic acids is 3. The Hall–Kier alpha value is -4.77. The summed E-state index contributed by atoms with van der Waals surface area (Å²) in [6, 6.07) is 17.9. The largest absolute Gasteiger partial charge is 0.449 e. The lowest BCUT2D eigenvalue weighted by atomic mass is 10.2. The number of amides is 3. The summed E-state index contributed by atoms with van der Waals surface area (Å²) in [7, 11) is 1.69. The molecule has 0 aliphatic carbocycles. The van der Waals surface area contributed by atoms with Crippen molar-refractivity contribution in [3.63, 3.8) is 0 Å². The summed E-state index contributed by atoms with van der Waals surface area (Å²) in [5.74, 6) is -0.179. The highest BCUT2D eigenvalue weighted by molar-refractivity contribution is 7.17. The predicted molar refractivity (Wildman–Crippen MR) is 145 cm³/mol. The van der Waals surface area contributed by atoms with Gasteiger partial charge in [-0.05, 0) is 42.5 Å². The van der Waals surface area contributed by atoms with Crippen molar-refractivity contribution in [1.82, 2.24) is 14.5 Å². The summed E-state index contributed by atoms with van der Waals surface area (Å²) in [5.41, 5.74) is 8.49. The van der Waals surface area contributed by atoms with E-state index >= 15 is 0 Å². The minimum absolute atomic E-state index is 0.0666. The molecule has 192 valence electrons. The van der Waals surface area contributed by atoms with Crippen LogP contribution in [0.25, 0.3) is 21.6 Å². The number of aromatic nitrogens is 3. The van der Waals surface area contributed by atoms with Gasteiger partial charge < -0.3 is 19.6 Å². The van der Waals surface area contributed by atoms with Gasteiger partial charge >= 0.3 is 0 Å². The number of hydrogen-bond acceptors (Lipinski definition) is 7. The number of rotatable bonds is 8. The van der Waals surface area contributed by atoms with E-state index in [-0.39, 0.29) is 30.7 Å². The fourth-order valence-electron chi connectivity index (χ4n) is 4.00. The number of anilines is 2. The Morgan fingerprint density at radius 3 is 2.58 bits per heavy atom. The van der Waals surface area contributed by atoms with Gasteiger partial charge in [-0.1, -0.05) is 18.2 Å². The second-order valence-corrected chi connectivity index (χ2v) is 9.66. The standard InChI is InChI=1S/C27H24N6O4S/c1-16-29-20(15-37-16)22-10-11-23(38-22)25(35)31-27-30-19-14-18(8-9-21(19)33(27)13-12-24(28)34)32(2)26(36)17-6-4-3-5-7-17/h3-11,14-15H,12-13H2,1-2H3,(H2,28,34)(H,30,31,35). The van der Waals surface area contributed by atoms with Crippen LogP contribution in [0.3, 0.4) is 0 Å². The van der Waals surface area contributed by atoms with Crippen LogP contribution in [0.5, 0.6) is 0 Å². The normalized spacial score (nSPS) is 11.0. The Labute approximate surface area is 221 Å². The molecule has 11 heteroatoms. The second-order valence-electron chi connectivity index (χ2n) is 8.58. The highest BCUT2D eigenvalue weighted by Crippen LogP contribution is 2.29. The first kappa shape index (κ1) is 24.9. The molecule has 3 amide bonds. The molecule has 0 spiro atoms. The van der Waals surface area contributed by atoms with Gasteiger partial charge in [-0.15, -0.1) is 11.3 Å². The molecule has 0 bridgehead atoms. The first-order valence-electron chi connectivity index (χ1n) is 11.8. The number of carbonyl (C=O) groups is 3. The van der Waals surface area contributed by atoms with Gasteiger partial charge in [0.2, 0.25) is 11.9 Å². The number of benzene rings is 2. The zero-order valence-corrected chi connectivity index (χ0v) is 21.5. The first-order chi connectivity index (χ1) is 18.3. The highest BCUT2D eigenvalue weighted by atomic mass is 32.1. The van der Waals surface area contributed by atoms with E-state index in [4.69, 9.17) is 10.2 Å². The summed E-state index contributed by atoms with van der Waals surface area (Å²) < 4.78 is 7.00. The van der Waals surface area contributed by atoms with Crippen LogP contribution < -0.4 is 16.0 Å². The van der Waals surface area contributed by atoms with Crippen molar-refractivity contribution in [3.8, 4) is 10.6 Å². The summed E-state index contributed by atoms with van der Waals surface area (Å²) in [4.78, 5) is 49.3. The molecule has 0 saturated carbocycles. The molecule has 2 aromatic carbocycles. The maximum Gasteiger partial charge on any atom is 0.268 e. The van der Waals surface area contributed by atoms with Crippen molar-refractivity contribution in [3.05, 3.63) is 83.3 Å². The third-order valence-electron chi connectivity index (χ3n) is 5.95. The smallest absolute Gasteiger partial charge is 0.268 e. The van der Waals surface area contributed by atoms with Crippen molar-refractivity contribution in [2.24, 2.45) is 5.73 Å². The maximum atomic E-state index is 13.1. The van der Waals surface area contributed by atoms with Gasteiger partial charge in [-0.2, -0.15) is 0 Å². The molecule has 0 atom stereocenters. The van der Waals surface area contributed by atoms with Crippen molar-refractivity contribution >= 4 is 51.7 Å². The molecule has 0 saturated heterocycles. The van der Waals surface area contributed by atoms with Crippen LogP contribution in [-0.2, 0) is 11.3 Å². The second kappa shape index (κ2) is 10.3. The van der Waals surface area contributed by atoms with E-state index in [1.54, 1.807) is 67.3 Å². The highest BCUT2D eigenvalue weighted by Gasteiger charge is 2.19. The fourth-order valence-corrected chi connectivity index (χ4v) is 4.85. The number of aryl methyl sites for hydroxylation is 2. The minimum atomic E-state index is -0.472. The summed E-state index contributed by atoms with van der Waals surface area (Å²) in [5, 5.41) is 2.85. The van der Waals surface area contributed by atoms with Crippen LogP contribution in [0.4, 0.5) is 11.6 Å². The molecular formula is C27H24N6O4S. The lowest BCUT2D eigenvalue weighted by Gasteiger charge is -2.17. The van der Waals surface area contributed by atoms with Gasteiger partial charge in [-0.25, -0.2) is 9.97 Å². The monoisotopic (exact) mass is 528 g/mol. The molecular weight excluding hydrogens is 504 g/mol. The van der Waals surface area contributed by atoms with Crippen LogP contribution in [0.15, 0.2) is 71.3 Å². The van der Waals surface area contributed by atoms with Crippen molar-refractivity contribution in [2.75, 3.05) is 17.3 Å². The Morgan fingerprint density at radius 1 is 1.08 bits per heavy atom. The fraction of sp³-hybridized carbons (Fsp3) is 0.148. The van der Waals surface area contributed by atoms with Gasteiger partial charge in [0.1, 0.15) is 12.0 Å². The van der Waals surface area contributed by atoms with E-state index in [1.165, 1.54) is 16.2 Å².